The van der Waals surface area contributed by atoms with Crippen molar-refractivity contribution in [3.05, 3.63) is 29.6 Å². The van der Waals surface area contributed by atoms with Crippen LogP contribution in [0.3, 0.4) is 0 Å². The van der Waals surface area contributed by atoms with Gasteiger partial charge in [0.05, 0.1) is 7.11 Å². The zero-order valence-corrected chi connectivity index (χ0v) is 11.3. The first-order valence-electron chi connectivity index (χ1n) is 5.68. The summed E-state index contributed by atoms with van der Waals surface area (Å²) in [5.41, 5.74) is 0.462. The fourth-order valence-electron chi connectivity index (χ4n) is 1.37. The van der Waals surface area contributed by atoms with E-state index in [2.05, 4.69) is 12.2 Å². The summed E-state index contributed by atoms with van der Waals surface area (Å²) < 4.78 is 18.6. The van der Waals surface area contributed by atoms with Crippen molar-refractivity contribution in [2.75, 3.05) is 13.0 Å². The molecule has 0 fully saturated rings. The largest absolute Gasteiger partial charge is 0.497 e. The standard InChI is InChI=1S/C13H19ClFNO/c1-4-13(2,9-14)16-8-10-5-6-11(17-3)7-12(10)15/h5-7,16H,4,8-9H2,1-3H3. The quantitative estimate of drug-likeness (QED) is 0.792. The Hall–Kier alpha value is -0.800. The molecular formula is C13H19ClFNO. The first-order valence-corrected chi connectivity index (χ1v) is 6.21. The third-order valence-electron chi connectivity index (χ3n) is 3.04. The van der Waals surface area contributed by atoms with Crippen molar-refractivity contribution < 1.29 is 9.13 Å². The Bertz CT molecular complexity index is 366. The predicted molar refractivity (Wildman–Crippen MR) is 69.2 cm³/mol. The highest BCUT2D eigenvalue weighted by molar-refractivity contribution is 6.18. The Morgan fingerprint density at radius 1 is 1.47 bits per heavy atom. The minimum Gasteiger partial charge on any atom is -0.497 e. The van der Waals surface area contributed by atoms with Gasteiger partial charge in [-0.1, -0.05) is 13.0 Å². The van der Waals surface area contributed by atoms with E-state index in [1.165, 1.54) is 13.2 Å². The molecule has 1 aromatic rings. The molecule has 0 saturated heterocycles. The van der Waals surface area contributed by atoms with Crippen LogP contribution in [0, 0.1) is 5.82 Å². The first kappa shape index (κ1) is 14.3. The summed E-state index contributed by atoms with van der Waals surface area (Å²) in [5, 5.41) is 3.28. The lowest BCUT2D eigenvalue weighted by Crippen LogP contribution is -2.43. The SMILES string of the molecule is CCC(C)(CCl)NCc1ccc(OC)cc1F. The molecule has 0 bridgehead atoms. The van der Waals surface area contributed by atoms with Gasteiger partial charge < -0.3 is 10.1 Å². The lowest BCUT2D eigenvalue weighted by Gasteiger charge is -2.27. The van der Waals surface area contributed by atoms with Crippen LogP contribution in [0.5, 0.6) is 5.75 Å². The van der Waals surface area contributed by atoms with E-state index in [1.807, 2.05) is 6.92 Å². The van der Waals surface area contributed by atoms with Crippen molar-refractivity contribution in [3.63, 3.8) is 0 Å². The maximum atomic E-state index is 13.7. The molecule has 0 amide bonds. The number of alkyl halides is 1. The van der Waals surface area contributed by atoms with Gasteiger partial charge in [0.1, 0.15) is 11.6 Å². The number of methoxy groups -OCH3 is 1. The van der Waals surface area contributed by atoms with E-state index in [-0.39, 0.29) is 11.4 Å². The molecule has 0 saturated carbocycles. The van der Waals surface area contributed by atoms with Crippen LogP contribution < -0.4 is 10.1 Å². The van der Waals surface area contributed by atoms with E-state index in [0.29, 0.717) is 23.7 Å². The Kier molecular flexibility index (Phi) is 5.22. The second-order valence-electron chi connectivity index (χ2n) is 4.36. The second-order valence-corrected chi connectivity index (χ2v) is 4.63. The average Bonchev–Trinajstić information content (AvgIpc) is 2.36. The van der Waals surface area contributed by atoms with Crippen LogP contribution in [0.25, 0.3) is 0 Å². The van der Waals surface area contributed by atoms with Gasteiger partial charge in [-0.3, -0.25) is 0 Å². The zero-order chi connectivity index (χ0) is 12.9. The van der Waals surface area contributed by atoms with Gasteiger partial charge in [0, 0.05) is 29.6 Å². The average molecular weight is 260 g/mol. The molecule has 0 aromatic heterocycles. The minimum absolute atomic E-state index is 0.159. The number of hydrogen-bond donors (Lipinski definition) is 1. The number of rotatable bonds is 6. The summed E-state index contributed by atoms with van der Waals surface area (Å²) in [7, 11) is 1.52. The van der Waals surface area contributed by atoms with Crippen LogP contribution in [0.2, 0.25) is 0 Å². The summed E-state index contributed by atoms with van der Waals surface area (Å²) in [5.74, 6) is 0.771. The maximum absolute atomic E-state index is 13.7. The number of ether oxygens (including phenoxy) is 1. The van der Waals surface area contributed by atoms with Gasteiger partial charge in [-0.05, 0) is 19.4 Å². The Balaban J connectivity index is 2.69. The highest BCUT2D eigenvalue weighted by Gasteiger charge is 2.20. The van der Waals surface area contributed by atoms with Gasteiger partial charge in [-0.15, -0.1) is 11.6 Å². The molecule has 1 unspecified atom stereocenters. The van der Waals surface area contributed by atoms with Crippen LogP contribution >= 0.6 is 11.6 Å². The molecule has 2 nitrogen and oxygen atoms in total. The molecule has 0 radical (unpaired) electrons. The summed E-state index contributed by atoms with van der Waals surface area (Å²) in [6.07, 6.45) is 0.897. The molecule has 0 heterocycles. The van der Waals surface area contributed by atoms with Crippen molar-refractivity contribution in [1.82, 2.24) is 5.32 Å². The fraction of sp³-hybridized carbons (Fsp3) is 0.538. The third-order valence-corrected chi connectivity index (χ3v) is 3.63. The molecule has 1 atom stereocenters. The van der Waals surface area contributed by atoms with E-state index >= 15 is 0 Å². The predicted octanol–water partition coefficient (Wildman–Crippen LogP) is 3.33. The molecule has 0 aliphatic carbocycles. The van der Waals surface area contributed by atoms with Gasteiger partial charge in [0.15, 0.2) is 0 Å². The molecule has 0 aliphatic heterocycles. The van der Waals surface area contributed by atoms with Crippen LogP contribution in [0.15, 0.2) is 18.2 Å². The van der Waals surface area contributed by atoms with E-state index < -0.39 is 0 Å². The highest BCUT2D eigenvalue weighted by atomic mass is 35.5. The summed E-state index contributed by atoms with van der Waals surface area (Å²) in [4.78, 5) is 0. The molecule has 17 heavy (non-hydrogen) atoms. The van der Waals surface area contributed by atoms with Gasteiger partial charge in [0.25, 0.3) is 0 Å². The molecule has 0 aliphatic rings. The number of halogens is 2. The second kappa shape index (κ2) is 6.22. The maximum Gasteiger partial charge on any atom is 0.131 e. The van der Waals surface area contributed by atoms with Crippen molar-refractivity contribution in [2.24, 2.45) is 0 Å². The monoisotopic (exact) mass is 259 g/mol. The van der Waals surface area contributed by atoms with Crippen molar-refractivity contribution in [1.29, 1.82) is 0 Å². The number of hydrogen-bond acceptors (Lipinski definition) is 2. The fourth-order valence-corrected chi connectivity index (χ4v) is 1.66. The number of nitrogens with one attached hydrogen (secondary N) is 1. The summed E-state index contributed by atoms with van der Waals surface area (Å²) in [6, 6.07) is 4.87. The van der Waals surface area contributed by atoms with Crippen LogP contribution in [-0.2, 0) is 6.54 Å². The summed E-state index contributed by atoms with van der Waals surface area (Å²) >= 11 is 5.89. The van der Waals surface area contributed by atoms with Crippen molar-refractivity contribution in [3.8, 4) is 5.75 Å². The van der Waals surface area contributed by atoms with Gasteiger partial charge in [-0.2, -0.15) is 0 Å². The first-order chi connectivity index (χ1) is 8.04. The minimum atomic E-state index is -0.259. The molecule has 96 valence electrons. The van der Waals surface area contributed by atoms with Crippen LogP contribution in [0.4, 0.5) is 4.39 Å². The Morgan fingerprint density at radius 3 is 2.65 bits per heavy atom. The van der Waals surface area contributed by atoms with Gasteiger partial charge in [0.2, 0.25) is 0 Å². The lowest BCUT2D eigenvalue weighted by molar-refractivity contribution is 0.374. The molecule has 1 N–H and O–H groups in total. The van der Waals surface area contributed by atoms with Crippen molar-refractivity contribution in [2.45, 2.75) is 32.4 Å². The van der Waals surface area contributed by atoms with E-state index in [9.17, 15) is 4.39 Å². The number of benzene rings is 1. The Labute approximate surface area is 107 Å². The highest BCUT2D eigenvalue weighted by Crippen LogP contribution is 2.18. The normalized spacial score (nSPS) is 14.4. The van der Waals surface area contributed by atoms with Crippen LogP contribution in [0.1, 0.15) is 25.8 Å². The van der Waals surface area contributed by atoms with Crippen LogP contribution in [-0.4, -0.2) is 18.5 Å². The summed E-state index contributed by atoms with van der Waals surface area (Å²) in [6.45, 7) is 4.55. The smallest absolute Gasteiger partial charge is 0.131 e. The van der Waals surface area contributed by atoms with Gasteiger partial charge in [-0.25, -0.2) is 4.39 Å². The third kappa shape index (κ3) is 3.86. The zero-order valence-electron chi connectivity index (χ0n) is 10.5. The van der Waals surface area contributed by atoms with E-state index in [0.717, 1.165) is 6.42 Å². The molecular weight excluding hydrogens is 241 g/mol. The van der Waals surface area contributed by atoms with E-state index in [4.69, 9.17) is 16.3 Å². The molecule has 4 heteroatoms. The van der Waals surface area contributed by atoms with Crippen molar-refractivity contribution >= 4 is 11.6 Å². The Morgan fingerprint density at radius 2 is 2.18 bits per heavy atom. The molecule has 1 rings (SSSR count). The lowest BCUT2D eigenvalue weighted by atomic mass is 10.0. The van der Waals surface area contributed by atoms with E-state index in [1.54, 1.807) is 12.1 Å². The topological polar surface area (TPSA) is 21.3 Å². The molecule has 1 aromatic carbocycles. The van der Waals surface area contributed by atoms with Gasteiger partial charge >= 0.3 is 0 Å². The molecule has 0 spiro atoms.